The van der Waals surface area contributed by atoms with E-state index in [-0.39, 0.29) is 11.7 Å². The van der Waals surface area contributed by atoms with Crippen LogP contribution < -0.4 is 0 Å². The quantitative estimate of drug-likeness (QED) is 0.589. The van der Waals surface area contributed by atoms with Crippen molar-refractivity contribution >= 4 is 5.78 Å². The fraction of sp³-hybridized carbons (Fsp3) is 0.727. The third-order valence-corrected chi connectivity index (χ3v) is 1.81. The number of Topliss-reactive ketones (excluding diaryl/α,β-unsaturated/α-hetero) is 1. The predicted octanol–water partition coefficient (Wildman–Crippen LogP) is 3.20. The van der Waals surface area contributed by atoms with E-state index >= 15 is 0 Å². The van der Waals surface area contributed by atoms with Gasteiger partial charge in [0.05, 0.1) is 0 Å². The Hall–Kier alpha value is -0.590. The highest BCUT2D eigenvalue weighted by molar-refractivity contribution is 5.96. The molecule has 0 aromatic rings. The minimum absolute atomic E-state index is 0.133. The maximum absolute atomic E-state index is 11.4. The molecule has 0 N–H and O–H groups in total. The highest BCUT2D eigenvalue weighted by Gasteiger charge is 2.08. The summed E-state index contributed by atoms with van der Waals surface area (Å²) >= 11 is 0. The second-order valence-corrected chi connectivity index (χ2v) is 4.04. The van der Waals surface area contributed by atoms with E-state index in [4.69, 9.17) is 0 Å². The number of carbonyl (C=O) groups excluding carboxylic acids is 1. The van der Waals surface area contributed by atoms with Crippen molar-refractivity contribution in [2.45, 2.75) is 41.0 Å². The van der Waals surface area contributed by atoms with E-state index in [2.05, 4.69) is 13.8 Å². The third kappa shape index (κ3) is 4.32. The second kappa shape index (κ2) is 5.13. The monoisotopic (exact) mass is 168 g/mol. The molecule has 0 fully saturated rings. The smallest absolute Gasteiger partial charge is 0.160 e. The van der Waals surface area contributed by atoms with Crippen LogP contribution in [0.25, 0.3) is 0 Å². The Morgan fingerprint density at radius 3 is 2.08 bits per heavy atom. The molecule has 0 rings (SSSR count). The minimum atomic E-state index is 0.133. The molecular weight excluding hydrogens is 148 g/mol. The molecule has 0 radical (unpaired) electrons. The van der Waals surface area contributed by atoms with Crippen molar-refractivity contribution in [3.05, 3.63) is 11.6 Å². The zero-order valence-corrected chi connectivity index (χ0v) is 8.85. The standard InChI is InChI=1S/C11H20O/c1-8(2)6-7-10(5)11(12)9(3)4/h7-9H,6H2,1-5H3/b10-7+. The lowest BCUT2D eigenvalue weighted by molar-refractivity contribution is -0.118. The molecule has 0 aromatic heterocycles. The van der Waals surface area contributed by atoms with Crippen molar-refractivity contribution in [3.63, 3.8) is 0 Å². The molecule has 70 valence electrons. The van der Waals surface area contributed by atoms with Gasteiger partial charge < -0.3 is 0 Å². The van der Waals surface area contributed by atoms with Gasteiger partial charge in [-0.15, -0.1) is 0 Å². The summed E-state index contributed by atoms with van der Waals surface area (Å²) in [5.74, 6) is 1.05. The molecule has 0 aliphatic carbocycles. The predicted molar refractivity (Wildman–Crippen MR) is 53.1 cm³/mol. The Balaban J connectivity index is 4.09. The van der Waals surface area contributed by atoms with Crippen molar-refractivity contribution in [2.24, 2.45) is 11.8 Å². The van der Waals surface area contributed by atoms with E-state index < -0.39 is 0 Å². The molecule has 0 saturated carbocycles. The Morgan fingerprint density at radius 1 is 1.25 bits per heavy atom. The highest BCUT2D eigenvalue weighted by atomic mass is 16.1. The van der Waals surface area contributed by atoms with Gasteiger partial charge in [0.25, 0.3) is 0 Å². The van der Waals surface area contributed by atoms with Gasteiger partial charge in [-0.05, 0) is 24.8 Å². The van der Waals surface area contributed by atoms with Crippen LogP contribution in [-0.4, -0.2) is 5.78 Å². The number of rotatable bonds is 4. The van der Waals surface area contributed by atoms with Crippen LogP contribution in [0.5, 0.6) is 0 Å². The van der Waals surface area contributed by atoms with Crippen LogP contribution in [0.2, 0.25) is 0 Å². The Bertz CT molecular complexity index is 175. The topological polar surface area (TPSA) is 17.1 Å². The first-order chi connectivity index (χ1) is 5.45. The number of hydrogen-bond acceptors (Lipinski definition) is 1. The van der Waals surface area contributed by atoms with E-state index in [1.807, 2.05) is 26.8 Å². The first-order valence-electron chi connectivity index (χ1n) is 4.66. The van der Waals surface area contributed by atoms with Gasteiger partial charge in [0, 0.05) is 5.92 Å². The average molecular weight is 168 g/mol. The van der Waals surface area contributed by atoms with Crippen LogP contribution in [0.1, 0.15) is 41.0 Å². The van der Waals surface area contributed by atoms with Gasteiger partial charge in [-0.25, -0.2) is 0 Å². The Morgan fingerprint density at radius 2 is 1.75 bits per heavy atom. The summed E-state index contributed by atoms with van der Waals surface area (Å²) in [7, 11) is 0. The lowest BCUT2D eigenvalue weighted by Crippen LogP contribution is -2.08. The summed E-state index contributed by atoms with van der Waals surface area (Å²) < 4.78 is 0. The number of ketones is 1. The van der Waals surface area contributed by atoms with Gasteiger partial charge in [-0.1, -0.05) is 33.8 Å². The first kappa shape index (κ1) is 11.4. The van der Waals surface area contributed by atoms with Crippen molar-refractivity contribution in [2.75, 3.05) is 0 Å². The van der Waals surface area contributed by atoms with Crippen LogP contribution in [0.15, 0.2) is 11.6 Å². The SMILES string of the molecule is C/C(=C\CC(C)C)C(=O)C(C)C. The summed E-state index contributed by atoms with van der Waals surface area (Å²) in [5.41, 5.74) is 0.915. The number of carbonyl (C=O) groups is 1. The molecule has 0 aliphatic heterocycles. The molecule has 0 heterocycles. The van der Waals surface area contributed by atoms with Gasteiger partial charge in [-0.2, -0.15) is 0 Å². The van der Waals surface area contributed by atoms with Gasteiger partial charge in [0.15, 0.2) is 5.78 Å². The fourth-order valence-corrected chi connectivity index (χ4v) is 0.968. The third-order valence-electron chi connectivity index (χ3n) is 1.81. The normalized spacial score (nSPS) is 12.8. The zero-order valence-electron chi connectivity index (χ0n) is 8.85. The molecule has 0 bridgehead atoms. The second-order valence-electron chi connectivity index (χ2n) is 4.04. The molecule has 0 saturated heterocycles. The lowest BCUT2D eigenvalue weighted by atomic mass is 10.00. The molecule has 0 atom stereocenters. The summed E-state index contributed by atoms with van der Waals surface area (Å²) in [5, 5.41) is 0. The van der Waals surface area contributed by atoms with Gasteiger partial charge in [0.2, 0.25) is 0 Å². The largest absolute Gasteiger partial charge is 0.294 e. The van der Waals surface area contributed by atoms with Crippen molar-refractivity contribution in [1.82, 2.24) is 0 Å². The maximum atomic E-state index is 11.4. The average Bonchev–Trinajstić information content (AvgIpc) is 1.98. The summed E-state index contributed by atoms with van der Waals surface area (Å²) in [6.45, 7) is 10.1. The van der Waals surface area contributed by atoms with E-state index in [0.717, 1.165) is 12.0 Å². The molecule has 1 nitrogen and oxygen atoms in total. The molecule has 0 unspecified atom stereocenters. The van der Waals surface area contributed by atoms with Crippen LogP contribution >= 0.6 is 0 Å². The Kier molecular flexibility index (Phi) is 4.87. The van der Waals surface area contributed by atoms with Crippen LogP contribution in [0.3, 0.4) is 0 Å². The molecule has 0 spiro atoms. The van der Waals surface area contributed by atoms with Crippen LogP contribution in [0, 0.1) is 11.8 Å². The number of hydrogen-bond donors (Lipinski definition) is 0. The van der Waals surface area contributed by atoms with E-state index in [1.165, 1.54) is 0 Å². The minimum Gasteiger partial charge on any atom is -0.294 e. The highest BCUT2D eigenvalue weighted by Crippen LogP contribution is 2.09. The fourth-order valence-electron chi connectivity index (χ4n) is 0.968. The first-order valence-corrected chi connectivity index (χ1v) is 4.66. The molecule has 1 heteroatoms. The zero-order chi connectivity index (χ0) is 9.72. The van der Waals surface area contributed by atoms with Gasteiger partial charge >= 0.3 is 0 Å². The van der Waals surface area contributed by atoms with Crippen molar-refractivity contribution < 1.29 is 4.79 Å². The van der Waals surface area contributed by atoms with Crippen LogP contribution in [0.4, 0.5) is 0 Å². The maximum Gasteiger partial charge on any atom is 0.160 e. The summed E-state index contributed by atoms with van der Waals surface area (Å²) in [6.07, 6.45) is 3.05. The van der Waals surface area contributed by atoms with Gasteiger partial charge in [0.1, 0.15) is 0 Å². The van der Waals surface area contributed by atoms with E-state index in [9.17, 15) is 4.79 Å². The Labute approximate surface area is 75.9 Å². The summed E-state index contributed by atoms with van der Waals surface area (Å²) in [4.78, 5) is 11.4. The van der Waals surface area contributed by atoms with E-state index in [1.54, 1.807) is 0 Å². The summed E-state index contributed by atoms with van der Waals surface area (Å²) in [6, 6.07) is 0. The molecule has 0 aromatic carbocycles. The van der Waals surface area contributed by atoms with Gasteiger partial charge in [-0.3, -0.25) is 4.79 Å². The number of allylic oxidation sites excluding steroid dienone is 2. The molecule has 0 aliphatic rings. The van der Waals surface area contributed by atoms with Crippen molar-refractivity contribution in [1.29, 1.82) is 0 Å². The van der Waals surface area contributed by atoms with Crippen LogP contribution in [-0.2, 0) is 4.79 Å². The van der Waals surface area contributed by atoms with E-state index in [0.29, 0.717) is 5.92 Å². The lowest BCUT2D eigenvalue weighted by Gasteiger charge is -2.05. The molecule has 0 amide bonds. The molecular formula is C11H20O. The molecule has 12 heavy (non-hydrogen) atoms. The van der Waals surface area contributed by atoms with Crippen molar-refractivity contribution in [3.8, 4) is 0 Å².